The molecule has 6 nitrogen and oxygen atoms in total. The molecule has 0 spiro atoms. The molecule has 0 amide bonds. The van der Waals surface area contributed by atoms with Gasteiger partial charge in [0.15, 0.2) is 6.23 Å². The highest BCUT2D eigenvalue weighted by atomic mass is 79.9. The number of ether oxygens (including phenoxy) is 2. The summed E-state index contributed by atoms with van der Waals surface area (Å²) in [6.45, 7) is 0.931. The lowest BCUT2D eigenvalue weighted by Crippen LogP contribution is -2.62. The molecule has 0 aromatic heterocycles. The van der Waals surface area contributed by atoms with Crippen LogP contribution in [-0.4, -0.2) is 58.8 Å². The molecule has 0 saturated carbocycles. The zero-order valence-electron chi connectivity index (χ0n) is 19.9. The fourth-order valence-electron chi connectivity index (χ4n) is 6.16. The van der Waals surface area contributed by atoms with E-state index in [-0.39, 0.29) is 25.2 Å². The van der Waals surface area contributed by atoms with E-state index in [0.29, 0.717) is 22.9 Å². The van der Waals surface area contributed by atoms with Gasteiger partial charge in [-0.15, -0.1) is 0 Å². The Morgan fingerprint density at radius 3 is 2.63 bits per heavy atom. The monoisotopic (exact) mass is 560 g/mol. The molecule has 4 aliphatic rings. The number of halogens is 4. The maximum absolute atomic E-state index is 14.8. The van der Waals surface area contributed by atoms with Gasteiger partial charge in [-0.1, -0.05) is 65.5 Å². The lowest BCUT2D eigenvalue weighted by Gasteiger charge is -2.44. The fourth-order valence-corrected chi connectivity index (χ4v) is 6.88. The third kappa shape index (κ3) is 5.44. The van der Waals surface area contributed by atoms with E-state index in [9.17, 15) is 13.2 Å². The minimum absolute atomic E-state index is 0.101. The van der Waals surface area contributed by atoms with Crippen LogP contribution in [0.2, 0.25) is 0 Å². The number of piperidine rings is 1. The highest BCUT2D eigenvalue weighted by molar-refractivity contribution is 9.09. The molecule has 4 heterocycles. The molecule has 4 aliphatic heterocycles. The van der Waals surface area contributed by atoms with Crippen molar-refractivity contribution in [2.75, 3.05) is 6.54 Å². The van der Waals surface area contributed by atoms with Crippen LogP contribution in [0.5, 0.6) is 0 Å². The predicted octanol–water partition coefficient (Wildman–Crippen LogP) is 4.55. The lowest BCUT2D eigenvalue weighted by atomic mass is 9.91. The van der Waals surface area contributed by atoms with Crippen molar-refractivity contribution in [3.8, 4) is 0 Å². The van der Waals surface area contributed by atoms with Crippen molar-refractivity contribution in [3.05, 3.63) is 35.9 Å². The molecule has 10 heteroatoms. The van der Waals surface area contributed by atoms with Gasteiger partial charge < -0.3 is 9.47 Å². The number of hydrazine groups is 1. The molecule has 0 radical (unpaired) electrons. The number of nitrogens with zero attached hydrogens (tertiary/aromatic N) is 1. The molecule has 1 aromatic carbocycles. The number of rotatable bonds is 3. The van der Waals surface area contributed by atoms with Crippen LogP contribution in [0.3, 0.4) is 0 Å². The summed E-state index contributed by atoms with van der Waals surface area (Å²) in [6, 6.07) is 9.40. The van der Waals surface area contributed by atoms with E-state index in [1.165, 1.54) is 6.42 Å². The molecule has 35 heavy (non-hydrogen) atoms. The van der Waals surface area contributed by atoms with Gasteiger partial charge in [0, 0.05) is 23.5 Å². The third-order valence-corrected chi connectivity index (χ3v) is 9.05. The average Bonchev–Trinajstić information content (AvgIpc) is 3.51. The molecular weight excluding hydrogens is 525 g/mol. The van der Waals surface area contributed by atoms with E-state index < -0.39 is 24.2 Å². The van der Waals surface area contributed by atoms with E-state index in [1.807, 2.05) is 18.2 Å². The number of fused-ring (bicyclic) bond motifs is 7. The SMILES string of the molecule is FC(F)(F)C1(OCc2ccccc2)CCCCC[C@H]2CCCN2C2NC(CCC2Br)C2NNC1O2. The number of benzene rings is 1. The van der Waals surface area contributed by atoms with E-state index in [0.717, 1.165) is 45.1 Å². The number of alkyl halides is 4. The van der Waals surface area contributed by atoms with Crippen LogP contribution >= 0.6 is 15.9 Å². The maximum Gasteiger partial charge on any atom is 0.421 e. The van der Waals surface area contributed by atoms with Crippen molar-refractivity contribution in [3.63, 3.8) is 0 Å². The first kappa shape index (κ1) is 25.9. The van der Waals surface area contributed by atoms with Crippen LogP contribution in [-0.2, 0) is 16.1 Å². The molecule has 0 aliphatic carbocycles. The zero-order valence-corrected chi connectivity index (χ0v) is 21.5. The molecule has 4 fully saturated rings. The molecule has 4 saturated heterocycles. The summed E-state index contributed by atoms with van der Waals surface area (Å²) in [5.74, 6) is 0. The molecule has 7 atom stereocenters. The van der Waals surface area contributed by atoms with Crippen molar-refractivity contribution >= 4 is 15.9 Å². The molecule has 3 N–H and O–H groups in total. The van der Waals surface area contributed by atoms with Crippen LogP contribution in [0.1, 0.15) is 63.4 Å². The van der Waals surface area contributed by atoms with Crippen LogP contribution < -0.4 is 16.2 Å². The molecule has 1 aromatic rings. The van der Waals surface area contributed by atoms with Gasteiger partial charge in [0.25, 0.3) is 0 Å². The number of nitrogens with one attached hydrogen (secondary N) is 3. The first-order chi connectivity index (χ1) is 16.9. The Morgan fingerprint density at radius 2 is 1.83 bits per heavy atom. The Hall–Kier alpha value is -0.750. The first-order valence-electron chi connectivity index (χ1n) is 12.9. The van der Waals surface area contributed by atoms with Gasteiger partial charge in [-0.05, 0) is 44.1 Å². The molecule has 6 unspecified atom stereocenters. The van der Waals surface area contributed by atoms with Crippen molar-refractivity contribution in [2.24, 2.45) is 0 Å². The van der Waals surface area contributed by atoms with Crippen LogP contribution in [0.15, 0.2) is 30.3 Å². The van der Waals surface area contributed by atoms with Gasteiger partial charge in [-0.2, -0.15) is 13.2 Å². The second-order valence-corrected chi connectivity index (χ2v) is 11.5. The van der Waals surface area contributed by atoms with E-state index in [1.54, 1.807) is 12.1 Å². The van der Waals surface area contributed by atoms with E-state index in [4.69, 9.17) is 9.47 Å². The van der Waals surface area contributed by atoms with Crippen LogP contribution in [0.25, 0.3) is 0 Å². The quantitative estimate of drug-likeness (QED) is 0.471. The maximum atomic E-state index is 14.8. The zero-order chi connectivity index (χ0) is 24.5. The Morgan fingerprint density at radius 1 is 1.03 bits per heavy atom. The fraction of sp³-hybridized carbons (Fsp3) is 0.760. The summed E-state index contributed by atoms with van der Waals surface area (Å²) < 4.78 is 56.3. The van der Waals surface area contributed by atoms with E-state index >= 15 is 0 Å². The second-order valence-electron chi connectivity index (χ2n) is 10.3. The topological polar surface area (TPSA) is 57.8 Å². The van der Waals surface area contributed by atoms with Gasteiger partial charge in [0.2, 0.25) is 5.60 Å². The van der Waals surface area contributed by atoms with Crippen molar-refractivity contribution in [1.82, 2.24) is 21.1 Å². The molecular formula is C25H36BrF3N4O2. The standard InChI is InChI=1S/C25H36BrF3N4O2/c26-19-12-13-20-22-31-32-23(35-22)24(25(27,28)29,34-16-17-8-3-1-4-9-17)14-6-2-5-10-18-11-7-15-33(18)21(19)30-20/h1,3-4,8-9,18-23,30-32H,2,5-7,10-16H2/t18-,19?,20?,21?,22?,23?,24?/m0/s1. The average molecular weight is 561 g/mol. The van der Waals surface area contributed by atoms with Gasteiger partial charge in [0.05, 0.1) is 12.8 Å². The van der Waals surface area contributed by atoms with Gasteiger partial charge in [-0.25, -0.2) is 10.9 Å². The lowest BCUT2D eigenvalue weighted by molar-refractivity contribution is -0.320. The normalized spacial score (nSPS) is 39.2. The largest absolute Gasteiger partial charge is 0.421 e. The second kappa shape index (κ2) is 10.9. The summed E-state index contributed by atoms with van der Waals surface area (Å²) in [6.07, 6.45) is 0.655. The van der Waals surface area contributed by atoms with Crippen molar-refractivity contribution in [2.45, 2.75) is 112 Å². The smallest absolute Gasteiger partial charge is 0.357 e. The molecule has 5 rings (SSSR count). The highest BCUT2D eigenvalue weighted by Crippen LogP contribution is 2.43. The minimum Gasteiger partial charge on any atom is -0.357 e. The van der Waals surface area contributed by atoms with E-state index in [2.05, 4.69) is 37.0 Å². The first-order valence-corrected chi connectivity index (χ1v) is 13.9. The minimum atomic E-state index is -4.60. The summed E-state index contributed by atoms with van der Waals surface area (Å²) in [7, 11) is 0. The number of hydrogen-bond acceptors (Lipinski definition) is 6. The Balaban J connectivity index is 1.40. The highest BCUT2D eigenvalue weighted by Gasteiger charge is 2.63. The summed E-state index contributed by atoms with van der Waals surface area (Å²) in [5, 5.41) is 3.71. The predicted molar refractivity (Wildman–Crippen MR) is 130 cm³/mol. The Bertz CT molecular complexity index is 835. The Labute approximate surface area is 213 Å². The van der Waals surface area contributed by atoms with Gasteiger partial charge >= 0.3 is 6.18 Å². The third-order valence-electron chi connectivity index (χ3n) is 8.09. The van der Waals surface area contributed by atoms with Gasteiger partial charge in [-0.3, -0.25) is 10.2 Å². The summed E-state index contributed by atoms with van der Waals surface area (Å²) in [4.78, 5) is 2.88. The summed E-state index contributed by atoms with van der Waals surface area (Å²) in [5.41, 5.74) is 4.13. The van der Waals surface area contributed by atoms with Crippen molar-refractivity contribution < 1.29 is 22.6 Å². The van der Waals surface area contributed by atoms with Crippen LogP contribution in [0.4, 0.5) is 13.2 Å². The number of hydrogen-bond donors (Lipinski definition) is 3. The molecule has 4 bridgehead atoms. The summed E-state index contributed by atoms with van der Waals surface area (Å²) >= 11 is 3.87. The van der Waals surface area contributed by atoms with Gasteiger partial charge in [0.1, 0.15) is 6.23 Å². The van der Waals surface area contributed by atoms with Crippen molar-refractivity contribution in [1.29, 1.82) is 0 Å². The van der Waals surface area contributed by atoms with Crippen LogP contribution in [0, 0.1) is 0 Å². The molecule has 196 valence electrons. The Kier molecular flexibility index (Phi) is 8.08.